The third-order valence-corrected chi connectivity index (χ3v) is 0.599. The largest absolute Gasteiger partial charge is 0.495 e. The first kappa shape index (κ1) is 6.54. The van der Waals surface area contributed by atoms with Crippen LogP contribution in [0.4, 0.5) is 0 Å². The SMILES string of the molecule is C=CO[CH]CCC. The second kappa shape index (κ2) is 5.54. The Morgan fingerprint density at radius 3 is 2.86 bits per heavy atom. The first-order chi connectivity index (χ1) is 3.41. The number of ether oxygens (including phenoxy) is 1. The van der Waals surface area contributed by atoms with Gasteiger partial charge in [-0.25, -0.2) is 0 Å². The smallest absolute Gasteiger partial charge is 0.134 e. The van der Waals surface area contributed by atoms with E-state index in [1.807, 2.05) is 0 Å². The molecule has 0 heterocycles. The van der Waals surface area contributed by atoms with Gasteiger partial charge in [0, 0.05) is 0 Å². The summed E-state index contributed by atoms with van der Waals surface area (Å²) in [5.74, 6) is 0. The van der Waals surface area contributed by atoms with Crippen molar-refractivity contribution >= 4 is 0 Å². The molecule has 0 saturated carbocycles. The van der Waals surface area contributed by atoms with Crippen LogP contribution >= 0.6 is 0 Å². The standard InChI is InChI=1S/C6H11O/c1-3-5-6-7-4-2/h4,6H,2-3,5H2,1H3. The number of hydrogen-bond acceptors (Lipinski definition) is 1. The molecule has 41 valence electrons. The Labute approximate surface area is 45.0 Å². The van der Waals surface area contributed by atoms with E-state index < -0.39 is 0 Å². The molecule has 0 spiro atoms. The molecule has 0 amide bonds. The van der Waals surface area contributed by atoms with Gasteiger partial charge in [-0.2, -0.15) is 0 Å². The predicted molar refractivity (Wildman–Crippen MR) is 30.5 cm³/mol. The lowest BCUT2D eigenvalue weighted by atomic mass is 10.4. The summed E-state index contributed by atoms with van der Waals surface area (Å²) in [7, 11) is 0. The van der Waals surface area contributed by atoms with Crippen LogP contribution in [0.15, 0.2) is 12.8 Å². The van der Waals surface area contributed by atoms with Crippen LogP contribution in [0.3, 0.4) is 0 Å². The van der Waals surface area contributed by atoms with E-state index in [-0.39, 0.29) is 0 Å². The molecule has 0 aliphatic rings. The van der Waals surface area contributed by atoms with Crippen molar-refractivity contribution in [2.75, 3.05) is 0 Å². The molecule has 0 aliphatic carbocycles. The summed E-state index contributed by atoms with van der Waals surface area (Å²) in [6, 6.07) is 0. The van der Waals surface area contributed by atoms with Crippen LogP contribution in [0.5, 0.6) is 0 Å². The second-order valence-corrected chi connectivity index (χ2v) is 1.26. The van der Waals surface area contributed by atoms with Gasteiger partial charge in [-0.15, -0.1) is 0 Å². The highest BCUT2D eigenvalue weighted by Gasteiger charge is 1.77. The summed E-state index contributed by atoms with van der Waals surface area (Å²) in [6.45, 7) is 7.22. The molecule has 1 heteroatoms. The zero-order valence-corrected chi connectivity index (χ0v) is 4.68. The van der Waals surface area contributed by atoms with Gasteiger partial charge in [0.15, 0.2) is 0 Å². The van der Waals surface area contributed by atoms with E-state index in [1.165, 1.54) is 6.26 Å². The molecule has 0 aromatic rings. The van der Waals surface area contributed by atoms with Crippen LogP contribution in [0, 0.1) is 6.61 Å². The van der Waals surface area contributed by atoms with E-state index in [9.17, 15) is 0 Å². The Morgan fingerprint density at radius 1 is 1.71 bits per heavy atom. The molecule has 0 fully saturated rings. The summed E-state index contributed by atoms with van der Waals surface area (Å²) >= 11 is 0. The van der Waals surface area contributed by atoms with Gasteiger partial charge < -0.3 is 4.74 Å². The Morgan fingerprint density at radius 2 is 2.43 bits per heavy atom. The van der Waals surface area contributed by atoms with E-state index in [4.69, 9.17) is 4.74 Å². The van der Waals surface area contributed by atoms with Crippen molar-refractivity contribution in [3.05, 3.63) is 19.4 Å². The Hall–Kier alpha value is -0.460. The maximum absolute atomic E-state index is 4.71. The summed E-state index contributed by atoms with van der Waals surface area (Å²) in [6.07, 6.45) is 3.56. The average Bonchev–Trinajstić information content (AvgIpc) is 1.69. The van der Waals surface area contributed by atoms with E-state index >= 15 is 0 Å². The Kier molecular flexibility index (Phi) is 5.18. The minimum Gasteiger partial charge on any atom is -0.495 e. The molecule has 0 atom stereocenters. The van der Waals surface area contributed by atoms with Crippen LogP contribution in [-0.4, -0.2) is 0 Å². The monoisotopic (exact) mass is 99.1 g/mol. The maximum atomic E-state index is 4.71. The van der Waals surface area contributed by atoms with Crippen molar-refractivity contribution in [3.8, 4) is 0 Å². The molecule has 1 radical (unpaired) electrons. The fourth-order valence-corrected chi connectivity index (χ4v) is 0.254. The number of hydrogen-bond donors (Lipinski definition) is 0. The van der Waals surface area contributed by atoms with Crippen molar-refractivity contribution < 1.29 is 4.74 Å². The normalized spacial score (nSPS) is 8.14. The number of unbranched alkanes of at least 4 members (excludes halogenated alkanes) is 1. The van der Waals surface area contributed by atoms with Crippen LogP contribution in [0.2, 0.25) is 0 Å². The molecule has 1 nitrogen and oxygen atoms in total. The molecular formula is C6H11O. The lowest BCUT2D eigenvalue weighted by molar-refractivity contribution is 0.321. The van der Waals surface area contributed by atoms with Crippen LogP contribution < -0.4 is 0 Å². The van der Waals surface area contributed by atoms with Gasteiger partial charge in [0.25, 0.3) is 0 Å². The molecule has 0 aromatic carbocycles. The lowest BCUT2D eigenvalue weighted by Gasteiger charge is -1.92. The molecule has 7 heavy (non-hydrogen) atoms. The highest BCUT2D eigenvalue weighted by atomic mass is 16.5. The summed E-state index contributed by atoms with van der Waals surface area (Å²) in [5.41, 5.74) is 0. The van der Waals surface area contributed by atoms with Gasteiger partial charge in [-0.1, -0.05) is 19.9 Å². The third-order valence-electron chi connectivity index (χ3n) is 0.599. The first-order valence-electron chi connectivity index (χ1n) is 2.50. The first-order valence-corrected chi connectivity index (χ1v) is 2.50. The molecule has 0 aliphatic heterocycles. The van der Waals surface area contributed by atoms with E-state index in [1.54, 1.807) is 6.61 Å². The summed E-state index contributed by atoms with van der Waals surface area (Å²) in [5, 5.41) is 0. The number of rotatable bonds is 4. The molecule has 0 bridgehead atoms. The maximum Gasteiger partial charge on any atom is 0.134 e. The molecule has 0 N–H and O–H groups in total. The molecule has 0 rings (SSSR count). The topological polar surface area (TPSA) is 9.23 Å². The highest BCUT2D eigenvalue weighted by Crippen LogP contribution is 1.92. The fourth-order valence-electron chi connectivity index (χ4n) is 0.254. The van der Waals surface area contributed by atoms with Gasteiger partial charge in [0.2, 0.25) is 0 Å². The third kappa shape index (κ3) is 5.54. The Balaban J connectivity index is 2.56. The minimum atomic E-state index is 1.01. The summed E-state index contributed by atoms with van der Waals surface area (Å²) < 4.78 is 4.71. The predicted octanol–water partition coefficient (Wildman–Crippen LogP) is 2.11. The van der Waals surface area contributed by atoms with E-state index in [2.05, 4.69) is 13.5 Å². The van der Waals surface area contributed by atoms with Gasteiger partial charge in [0.05, 0.1) is 6.26 Å². The van der Waals surface area contributed by atoms with E-state index in [0.29, 0.717) is 0 Å². The van der Waals surface area contributed by atoms with Gasteiger partial charge in [-0.05, 0) is 6.42 Å². The van der Waals surface area contributed by atoms with Crippen molar-refractivity contribution in [2.24, 2.45) is 0 Å². The van der Waals surface area contributed by atoms with E-state index in [0.717, 1.165) is 12.8 Å². The second-order valence-electron chi connectivity index (χ2n) is 1.26. The van der Waals surface area contributed by atoms with Crippen LogP contribution in [-0.2, 0) is 4.74 Å². The quantitative estimate of drug-likeness (QED) is 0.387. The van der Waals surface area contributed by atoms with Crippen molar-refractivity contribution in [2.45, 2.75) is 19.8 Å². The zero-order valence-electron chi connectivity index (χ0n) is 4.68. The molecule has 0 saturated heterocycles. The summed E-state index contributed by atoms with van der Waals surface area (Å²) in [4.78, 5) is 0. The lowest BCUT2D eigenvalue weighted by Crippen LogP contribution is -1.74. The van der Waals surface area contributed by atoms with Crippen LogP contribution in [0.1, 0.15) is 19.8 Å². The van der Waals surface area contributed by atoms with Crippen molar-refractivity contribution in [1.82, 2.24) is 0 Å². The van der Waals surface area contributed by atoms with Gasteiger partial charge in [-0.3, -0.25) is 0 Å². The van der Waals surface area contributed by atoms with Crippen molar-refractivity contribution in [3.63, 3.8) is 0 Å². The molecule has 0 aromatic heterocycles. The van der Waals surface area contributed by atoms with Gasteiger partial charge in [0.1, 0.15) is 6.61 Å². The average molecular weight is 99.2 g/mol. The zero-order chi connectivity index (χ0) is 5.54. The fraction of sp³-hybridized carbons (Fsp3) is 0.500. The molecular weight excluding hydrogens is 88.1 g/mol. The molecule has 0 unspecified atom stereocenters. The van der Waals surface area contributed by atoms with Gasteiger partial charge >= 0.3 is 0 Å². The highest BCUT2D eigenvalue weighted by molar-refractivity contribution is 4.55. The van der Waals surface area contributed by atoms with Crippen LogP contribution in [0.25, 0.3) is 0 Å². The minimum absolute atomic E-state index is 1.01. The van der Waals surface area contributed by atoms with Crippen molar-refractivity contribution in [1.29, 1.82) is 0 Å². The Bertz CT molecular complexity index is 41.4.